The van der Waals surface area contributed by atoms with Gasteiger partial charge < -0.3 is 4.74 Å². The number of benzene rings is 1. The van der Waals surface area contributed by atoms with Crippen molar-refractivity contribution in [3.63, 3.8) is 0 Å². The van der Waals surface area contributed by atoms with Crippen LogP contribution < -0.4 is 0 Å². The van der Waals surface area contributed by atoms with Crippen molar-refractivity contribution in [3.8, 4) is 10.6 Å². The van der Waals surface area contributed by atoms with Crippen molar-refractivity contribution in [3.05, 3.63) is 68.3 Å². The summed E-state index contributed by atoms with van der Waals surface area (Å²) < 4.78 is 6.67. The molecular formula is C19H20N6O2S. The van der Waals surface area contributed by atoms with E-state index in [0.29, 0.717) is 25.3 Å². The van der Waals surface area contributed by atoms with Gasteiger partial charge in [0.1, 0.15) is 5.01 Å². The van der Waals surface area contributed by atoms with Crippen LogP contribution in [0.15, 0.2) is 35.7 Å². The Kier molecular flexibility index (Phi) is 6.08. The molecule has 0 radical (unpaired) electrons. The second-order valence-electron chi connectivity index (χ2n) is 6.27. The van der Waals surface area contributed by atoms with Crippen molar-refractivity contribution in [2.45, 2.75) is 33.9 Å². The van der Waals surface area contributed by atoms with Gasteiger partial charge in [-0.15, -0.1) is 11.3 Å². The molecule has 0 aliphatic carbocycles. The first-order valence-electron chi connectivity index (χ1n) is 8.77. The molecule has 0 aliphatic heterocycles. The number of ether oxygens (including phenoxy) is 1. The fraction of sp³-hybridized carbons (Fsp3) is 0.316. The van der Waals surface area contributed by atoms with Gasteiger partial charge in [0.2, 0.25) is 0 Å². The summed E-state index contributed by atoms with van der Waals surface area (Å²) in [5.74, 6) is -0.378. The standard InChI is InChI=1S/C19H20N6O2S/c1-4-27-19(26)16-9-22-25(10-16)11-17-13(3)28-18(23-17)15-6-12(2)5-14(7-15)8-21-24-20/h5-7,9-10H,4,8,11H2,1-3H3. The number of nitrogens with zero attached hydrogens (tertiary/aromatic N) is 6. The fourth-order valence-electron chi connectivity index (χ4n) is 2.81. The number of azide groups is 1. The predicted octanol–water partition coefficient (Wildman–Crippen LogP) is 4.66. The summed E-state index contributed by atoms with van der Waals surface area (Å²) in [6, 6.07) is 6.06. The number of hydrogen-bond acceptors (Lipinski definition) is 6. The summed E-state index contributed by atoms with van der Waals surface area (Å²) in [7, 11) is 0. The molecular weight excluding hydrogens is 376 g/mol. The maximum atomic E-state index is 11.8. The van der Waals surface area contributed by atoms with Crippen LogP contribution in [0.2, 0.25) is 0 Å². The Morgan fingerprint density at radius 2 is 2.18 bits per heavy atom. The zero-order valence-electron chi connectivity index (χ0n) is 15.9. The van der Waals surface area contributed by atoms with E-state index in [-0.39, 0.29) is 5.97 Å². The molecule has 0 saturated carbocycles. The third kappa shape index (κ3) is 4.57. The number of rotatable bonds is 7. The van der Waals surface area contributed by atoms with E-state index in [4.69, 9.17) is 15.3 Å². The third-order valence-electron chi connectivity index (χ3n) is 4.05. The van der Waals surface area contributed by atoms with Gasteiger partial charge in [0.05, 0.1) is 37.2 Å². The minimum atomic E-state index is -0.378. The smallest absolute Gasteiger partial charge is 0.341 e. The zero-order valence-corrected chi connectivity index (χ0v) is 16.7. The van der Waals surface area contributed by atoms with E-state index < -0.39 is 0 Å². The van der Waals surface area contributed by atoms with Crippen LogP contribution in [0.3, 0.4) is 0 Å². The minimum Gasteiger partial charge on any atom is -0.462 e. The van der Waals surface area contributed by atoms with Gasteiger partial charge in [-0.3, -0.25) is 4.68 Å². The maximum Gasteiger partial charge on any atom is 0.341 e. The average molecular weight is 396 g/mol. The third-order valence-corrected chi connectivity index (χ3v) is 5.11. The van der Waals surface area contributed by atoms with Crippen LogP contribution in [0, 0.1) is 13.8 Å². The predicted molar refractivity (Wildman–Crippen MR) is 107 cm³/mol. The summed E-state index contributed by atoms with van der Waals surface area (Å²) in [5, 5.41) is 8.77. The van der Waals surface area contributed by atoms with Crippen molar-refractivity contribution in [1.29, 1.82) is 0 Å². The van der Waals surface area contributed by atoms with Crippen LogP contribution in [0.1, 0.15) is 39.0 Å². The molecule has 1 aromatic carbocycles. The number of hydrogen-bond donors (Lipinski definition) is 0. The van der Waals surface area contributed by atoms with Gasteiger partial charge in [-0.25, -0.2) is 9.78 Å². The number of aryl methyl sites for hydroxylation is 2. The van der Waals surface area contributed by atoms with E-state index in [0.717, 1.165) is 32.3 Å². The average Bonchev–Trinajstić information content (AvgIpc) is 3.27. The SMILES string of the molecule is CCOC(=O)c1cnn(Cc2nc(-c3cc(C)cc(CN=[N+]=[N-])c3)sc2C)c1. The lowest BCUT2D eigenvalue weighted by Crippen LogP contribution is -2.04. The Labute approximate surface area is 166 Å². The Morgan fingerprint density at radius 1 is 1.36 bits per heavy atom. The lowest BCUT2D eigenvalue weighted by molar-refractivity contribution is 0.0526. The minimum absolute atomic E-state index is 0.312. The molecule has 0 unspecified atom stereocenters. The van der Waals surface area contributed by atoms with Crippen LogP contribution in [-0.4, -0.2) is 27.3 Å². The largest absolute Gasteiger partial charge is 0.462 e. The highest BCUT2D eigenvalue weighted by Gasteiger charge is 2.14. The molecule has 3 aromatic rings. The fourth-order valence-corrected chi connectivity index (χ4v) is 3.72. The normalized spacial score (nSPS) is 10.5. The van der Waals surface area contributed by atoms with E-state index in [1.54, 1.807) is 29.1 Å². The summed E-state index contributed by atoms with van der Waals surface area (Å²) in [4.78, 5) is 20.5. The van der Waals surface area contributed by atoms with Crippen molar-refractivity contribution in [2.24, 2.45) is 5.11 Å². The highest BCUT2D eigenvalue weighted by Crippen LogP contribution is 2.29. The van der Waals surface area contributed by atoms with Gasteiger partial charge in [0.25, 0.3) is 0 Å². The number of aromatic nitrogens is 3. The molecule has 0 bridgehead atoms. The first-order valence-corrected chi connectivity index (χ1v) is 9.59. The molecule has 2 aromatic heterocycles. The molecule has 0 amide bonds. The van der Waals surface area contributed by atoms with Crippen LogP contribution >= 0.6 is 11.3 Å². The molecule has 0 saturated heterocycles. The Morgan fingerprint density at radius 3 is 2.93 bits per heavy atom. The van der Waals surface area contributed by atoms with E-state index in [1.807, 2.05) is 26.0 Å². The second-order valence-corrected chi connectivity index (χ2v) is 7.47. The van der Waals surface area contributed by atoms with Gasteiger partial charge in [-0.05, 0) is 44.0 Å². The molecule has 0 N–H and O–H groups in total. The number of carbonyl (C=O) groups excluding carboxylic acids is 1. The molecule has 8 nitrogen and oxygen atoms in total. The van der Waals surface area contributed by atoms with Gasteiger partial charge in [-0.2, -0.15) is 5.10 Å². The quantitative estimate of drug-likeness (QED) is 0.250. The summed E-state index contributed by atoms with van der Waals surface area (Å²) in [5.41, 5.74) is 12.9. The van der Waals surface area contributed by atoms with Crippen LogP contribution in [0.25, 0.3) is 21.0 Å². The van der Waals surface area contributed by atoms with E-state index in [1.165, 1.54) is 6.20 Å². The molecule has 0 fully saturated rings. The Balaban J connectivity index is 1.83. The molecule has 28 heavy (non-hydrogen) atoms. The summed E-state index contributed by atoms with van der Waals surface area (Å²) in [6.45, 7) is 6.90. The van der Waals surface area contributed by atoms with E-state index >= 15 is 0 Å². The van der Waals surface area contributed by atoms with Gasteiger partial charge in [-0.1, -0.05) is 16.7 Å². The molecule has 0 spiro atoms. The number of esters is 1. The van der Waals surface area contributed by atoms with Gasteiger partial charge in [0, 0.05) is 21.5 Å². The van der Waals surface area contributed by atoms with Crippen molar-refractivity contribution >= 4 is 17.3 Å². The Bertz CT molecular complexity index is 1050. The van der Waals surface area contributed by atoms with Crippen LogP contribution in [0.5, 0.6) is 0 Å². The number of thiazole rings is 1. The first-order chi connectivity index (χ1) is 13.5. The monoisotopic (exact) mass is 396 g/mol. The molecule has 9 heteroatoms. The summed E-state index contributed by atoms with van der Waals surface area (Å²) >= 11 is 1.60. The molecule has 144 valence electrons. The van der Waals surface area contributed by atoms with E-state index in [9.17, 15) is 4.79 Å². The molecule has 3 rings (SSSR count). The molecule has 2 heterocycles. The van der Waals surface area contributed by atoms with E-state index in [2.05, 4.69) is 21.2 Å². The zero-order chi connectivity index (χ0) is 20.1. The number of carbonyl (C=O) groups is 1. The highest BCUT2D eigenvalue weighted by molar-refractivity contribution is 7.15. The van der Waals surface area contributed by atoms with Crippen LogP contribution in [0.4, 0.5) is 0 Å². The van der Waals surface area contributed by atoms with Gasteiger partial charge >= 0.3 is 5.97 Å². The van der Waals surface area contributed by atoms with Crippen molar-refractivity contribution in [1.82, 2.24) is 14.8 Å². The first kappa shape index (κ1) is 19.6. The lowest BCUT2D eigenvalue weighted by atomic mass is 10.1. The Hall–Kier alpha value is -3.16. The maximum absolute atomic E-state index is 11.8. The lowest BCUT2D eigenvalue weighted by Gasteiger charge is -2.03. The van der Waals surface area contributed by atoms with Gasteiger partial charge in [0.15, 0.2) is 0 Å². The topological polar surface area (TPSA) is 106 Å². The molecule has 0 aliphatic rings. The second kappa shape index (κ2) is 8.69. The van der Waals surface area contributed by atoms with Crippen molar-refractivity contribution in [2.75, 3.05) is 6.61 Å². The molecule has 0 atom stereocenters. The van der Waals surface area contributed by atoms with Crippen LogP contribution in [-0.2, 0) is 17.8 Å². The summed E-state index contributed by atoms with van der Waals surface area (Å²) in [6.07, 6.45) is 3.17. The highest BCUT2D eigenvalue weighted by atomic mass is 32.1. The van der Waals surface area contributed by atoms with Crippen molar-refractivity contribution < 1.29 is 9.53 Å².